The van der Waals surface area contributed by atoms with Crippen LogP contribution >= 0.6 is 0 Å². The Morgan fingerprint density at radius 2 is 1.88 bits per heavy atom. The smallest absolute Gasteiger partial charge is 0.102 e. The largest absolute Gasteiger partial charge is 0.271 e. The maximum absolute atomic E-state index is 9.13. The molecule has 0 N–H and O–H groups in total. The Balaban J connectivity index is 1.25. The summed E-state index contributed by atoms with van der Waals surface area (Å²) in [7, 11) is 0. The van der Waals surface area contributed by atoms with Crippen LogP contribution < -0.4 is 0 Å². The Morgan fingerprint density at radius 1 is 1.06 bits per heavy atom. The van der Waals surface area contributed by atoms with Crippen LogP contribution in [0, 0.1) is 70.0 Å². The summed E-state index contributed by atoms with van der Waals surface area (Å²) >= 11 is 0. The molecule has 0 aliphatic heterocycles. The summed E-state index contributed by atoms with van der Waals surface area (Å²) in [4.78, 5) is 0. The molecule has 0 aromatic carbocycles. The van der Waals surface area contributed by atoms with Crippen molar-refractivity contribution in [3.63, 3.8) is 0 Å². The van der Waals surface area contributed by atoms with Crippen LogP contribution in [0.3, 0.4) is 0 Å². The van der Waals surface area contributed by atoms with Gasteiger partial charge >= 0.3 is 0 Å². The maximum atomic E-state index is 9.13. The van der Waals surface area contributed by atoms with Crippen molar-refractivity contribution in [1.29, 1.82) is 5.26 Å². The number of fused-ring (bicyclic) bond motifs is 5. The van der Waals surface area contributed by atoms with Crippen LogP contribution in [-0.4, -0.2) is 9.78 Å². The predicted octanol–water partition coefficient (Wildman–Crippen LogP) is 7.32. The molecule has 0 saturated heterocycles. The number of aromatic nitrogens is 2. The molecule has 5 rings (SSSR count). The molecule has 3 nitrogen and oxygen atoms in total. The minimum atomic E-state index is 0.521. The van der Waals surface area contributed by atoms with Gasteiger partial charge < -0.3 is 0 Å². The van der Waals surface area contributed by atoms with Gasteiger partial charge in [-0.1, -0.05) is 34.1 Å². The zero-order valence-corrected chi connectivity index (χ0v) is 21.0. The van der Waals surface area contributed by atoms with Gasteiger partial charge in [0, 0.05) is 12.7 Å². The summed E-state index contributed by atoms with van der Waals surface area (Å²) in [5, 5.41) is 13.6. The van der Waals surface area contributed by atoms with Crippen LogP contribution in [0.4, 0.5) is 0 Å². The molecule has 1 aromatic rings. The van der Waals surface area contributed by atoms with E-state index in [1.54, 1.807) is 12.6 Å². The first kappa shape index (κ1) is 22.5. The molecule has 0 radical (unpaired) electrons. The average Bonchev–Trinajstić information content (AvgIpc) is 3.36. The van der Waals surface area contributed by atoms with E-state index < -0.39 is 0 Å². The van der Waals surface area contributed by atoms with Crippen molar-refractivity contribution in [2.45, 2.75) is 98.4 Å². The summed E-state index contributed by atoms with van der Waals surface area (Å²) in [5.41, 5.74) is 1.21. The summed E-state index contributed by atoms with van der Waals surface area (Å²) in [6.45, 7) is 10.9. The summed E-state index contributed by atoms with van der Waals surface area (Å²) in [6, 6.07) is 2.23. The van der Waals surface area contributed by atoms with Crippen LogP contribution in [0.25, 0.3) is 0 Å². The van der Waals surface area contributed by atoms with E-state index in [4.69, 9.17) is 5.26 Å². The van der Waals surface area contributed by atoms with Gasteiger partial charge in [0.25, 0.3) is 0 Å². The van der Waals surface area contributed by atoms with E-state index in [1.807, 2.05) is 10.9 Å². The molecule has 0 bridgehead atoms. The van der Waals surface area contributed by atoms with Crippen molar-refractivity contribution < 1.29 is 0 Å². The van der Waals surface area contributed by atoms with Crippen LogP contribution in [-0.2, 0) is 6.54 Å². The van der Waals surface area contributed by atoms with Crippen molar-refractivity contribution in [1.82, 2.24) is 9.78 Å². The summed E-state index contributed by atoms with van der Waals surface area (Å²) in [6.07, 6.45) is 18.6. The molecular weight excluding hydrogens is 390 g/mol. The third kappa shape index (κ3) is 3.95. The number of nitrogens with zero attached hydrogens (tertiary/aromatic N) is 3. The lowest BCUT2D eigenvalue weighted by Crippen LogP contribution is -2.49. The van der Waals surface area contributed by atoms with E-state index in [1.165, 1.54) is 57.8 Å². The first-order valence-corrected chi connectivity index (χ1v) is 13.8. The molecule has 4 aliphatic carbocycles. The highest BCUT2D eigenvalue weighted by Gasteiger charge is 2.57. The van der Waals surface area contributed by atoms with Gasteiger partial charge in [-0.25, -0.2) is 0 Å². The lowest BCUT2D eigenvalue weighted by Gasteiger charge is -2.57. The van der Waals surface area contributed by atoms with E-state index >= 15 is 0 Å². The Hall–Kier alpha value is -1.30. The zero-order valence-electron chi connectivity index (χ0n) is 21.0. The molecule has 4 aliphatic rings. The first-order valence-electron chi connectivity index (χ1n) is 13.8. The lowest BCUT2D eigenvalue weighted by atomic mass is 9.48. The minimum absolute atomic E-state index is 0.521. The Bertz CT molecular complexity index is 834. The third-order valence-electron chi connectivity index (χ3n) is 10.9. The van der Waals surface area contributed by atoms with Gasteiger partial charge in [-0.15, -0.1) is 0 Å². The molecule has 3 unspecified atom stereocenters. The Morgan fingerprint density at radius 3 is 2.62 bits per heavy atom. The van der Waals surface area contributed by atoms with E-state index in [0.29, 0.717) is 16.9 Å². The van der Waals surface area contributed by atoms with Crippen molar-refractivity contribution in [2.24, 2.45) is 58.7 Å². The normalized spacial score (nSPS) is 42.1. The maximum Gasteiger partial charge on any atom is 0.102 e. The highest BCUT2D eigenvalue weighted by atomic mass is 15.3. The van der Waals surface area contributed by atoms with Crippen LogP contribution in [0.1, 0.15) is 97.5 Å². The second-order valence-electron chi connectivity index (χ2n) is 13.0. The fourth-order valence-electron chi connectivity index (χ4n) is 9.75. The van der Waals surface area contributed by atoms with Gasteiger partial charge in [0.2, 0.25) is 0 Å². The van der Waals surface area contributed by atoms with Gasteiger partial charge in [-0.3, -0.25) is 4.68 Å². The molecule has 0 spiro atoms. The minimum Gasteiger partial charge on any atom is -0.271 e. The molecule has 1 aromatic heterocycles. The molecule has 4 saturated carbocycles. The van der Waals surface area contributed by atoms with Crippen LogP contribution in [0.2, 0.25) is 0 Å². The molecule has 32 heavy (non-hydrogen) atoms. The molecule has 0 amide bonds. The molecule has 1 heterocycles. The van der Waals surface area contributed by atoms with Crippen molar-refractivity contribution in [3.05, 3.63) is 18.0 Å². The van der Waals surface area contributed by atoms with Crippen molar-refractivity contribution in [3.8, 4) is 6.07 Å². The van der Waals surface area contributed by atoms with E-state index in [0.717, 1.165) is 53.9 Å². The third-order valence-corrected chi connectivity index (χ3v) is 10.9. The number of rotatable bonds is 5. The van der Waals surface area contributed by atoms with Gasteiger partial charge in [0.15, 0.2) is 0 Å². The Kier molecular flexibility index (Phi) is 6.19. The van der Waals surface area contributed by atoms with Crippen molar-refractivity contribution >= 4 is 0 Å². The standard InChI is InChI=1S/C29H45N3/c1-19(2)13-21-5-7-24-23(14-21)6-8-26-25(24)11-12-29(4)27(9-10-28(26)29)20(3)17-32-18-22(15-30)16-31-32/h16,18-21,23-28H,5-14,17H2,1-4H3/t20-,21-,23-,24+,25?,26-,27?,28?,29-/m1/s1. The Labute approximate surface area is 196 Å². The quantitative estimate of drug-likeness (QED) is 0.486. The van der Waals surface area contributed by atoms with Gasteiger partial charge in [-0.05, 0) is 116 Å². The van der Waals surface area contributed by atoms with Crippen molar-refractivity contribution in [2.75, 3.05) is 0 Å². The summed E-state index contributed by atoms with van der Waals surface area (Å²) < 4.78 is 2.02. The number of hydrogen-bond acceptors (Lipinski definition) is 2. The monoisotopic (exact) mass is 435 g/mol. The molecule has 176 valence electrons. The first-order chi connectivity index (χ1) is 15.4. The topological polar surface area (TPSA) is 41.6 Å². The highest BCUT2D eigenvalue weighted by molar-refractivity contribution is 5.21. The summed E-state index contributed by atoms with van der Waals surface area (Å²) in [5.74, 6) is 8.41. The molecule has 4 fully saturated rings. The number of nitriles is 1. The van der Waals surface area contributed by atoms with Gasteiger partial charge in [0.05, 0.1) is 11.8 Å². The van der Waals surface area contributed by atoms with Gasteiger partial charge in [0.1, 0.15) is 6.07 Å². The fourth-order valence-corrected chi connectivity index (χ4v) is 9.75. The van der Waals surface area contributed by atoms with E-state index in [2.05, 4.69) is 38.9 Å². The number of hydrogen-bond donors (Lipinski definition) is 0. The van der Waals surface area contributed by atoms with Gasteiger partial charge in [-0.2, -0.15) is 10.4 Å². The molecular formula is C29H45N3. The predicted molar refractivity (Wildman–Crippen MR) is 130 cm³/mol. The second kappa shape index (κ2) is 8.81. The van der Waals surface area contributed by atoms with Crippen LogP contribution in [0.5, 0.6) is 0 Å². The lowest BCUT2D eigenvalue weighted by molar-refractivity contribution is -0.0754. The molecule has 3 heteroatoms. The van der Waals surface area contributed by atoms with Crippen LogP contribution in [0.15, 0.2) is 12.4 Å². The average molecular weight is 436 g/mol. The van der Waals surface area contributed by atoms with E-state index in [9.17, 15) is 0 Å². The fraction of sp³-hybridized carbons (Fsp3) is 0.862. The highest BCUT2D eigenvalue weighted by Crippen LogP contribution is 2.65. The molecule has 9 atom stereocenters. The SMILES string of the molecule is CC(C)C[C@H]1CC[C@@H]2C3CC[C@@]4(C)C(CCC4[C@H](C)Cn4cc(C#N)cn4)[C@@H]3CC[C@@H]2C1. The second-order valence-corrected chi connectivity index (χ2v) is 13.0. The zero-order chi connectivity index (χ0) is 22.5. The van der Waals surface area contributed by atoms with E-state index in [-0.39, 0.29) is 0 Å².